The topological polar surface area (TPSA) is 120 Å². The first-order chi connectivity index (χ1) is 13.4. The molecule has 0 amide bonds. The highest BCUT2D eigenvalue weighted by atomic mass is 35.5. The Hall–Kier alpha value is -3.23. The van der Waals surface area contributed by atoms with Gasteiger partial charge in [0.1, 0.15) is 16.5 Å². The summed E-state index contributed by atoms with van der Waals surface area (Å²) in [5.41, 5.74) is 3.50. The summed E-state index contributed by atoms with van der Waals surface area (Å²) in [4.78, 5) is 18.7. The van der Waals surface area contributed by atoms with E-state index in [0.29, 0.717) is 17.0 Å². The highest BCUT2D eigenvalue weighted by Crippen LogP contribution is 2.40. The Morgan fingerprint density at radius 3 is 2.57 bits per heavy atom. The Kier molecular flexibility index (Phi) is 5.72. The molecule has 0 aliphatic rings. The van der Waals surface area contributed by atoms with Crippen LogP contribution in [0.4, 0.5) is 5.95 Å². The molecule has 0 bridgehead atoms. The Balaban J connectivity index is 1.84. The molecule has 0 aliphatic carbocycles. The van der Waals surface area contributed by atoms with Crippen molar-refractivity contribution in [1.82, 2.24) is 9.97 Å². The number of rotatable bonds is 5. The third kappa shape index (κ3) is 4.19. The first kappa shape index (κ1) is 19.5. The Morgan fingerprint density at radius 1 is 1.18 bits per heavy atom. The van der Waals surface area contributed by atoms with E-state index in [2.05, 4.69) is 20.5 Å². The largest absolute Gasteiger partial charge is 0.506 e. The molecule has 0 fully saturated rings. The number of phenols is 2. The number of nitrogens with one attached hydrogen (secondary N) is 2. The summed E-state index contributed by atoms with van der Waals surface area (Å²) in [5.74, 6) is -0.0423. The van der Waals surface area contributed by atoms with Gasteiger partial charge in [-0.25, -0.2) is 10.4 Å². The number of aromatic hydroxyl groups is 2. The van der Waals surface area contributed by atoms with Crippen LogP contribution < -0.4 is 15.7 Å². The fourth-order valence-corrected chi connectivity index (χ4v) is 2.77. The number of methoxy groups -OCH3 is 1. The van der Waals surface area contributed by atoms with Crippen molar-refractivity contribution in [3.8, 4) is 28.5 Å². The number of benzene rings is 2. The monoisotopic (exact) mass is 420 g/mol. The summed E-state index contributed by atoms with van der Waals surface area (Å²) in [6, 6.07) is 9.68. The molecule has 0 saturated carbocycles. The highest BCUT2D eigenvalue weighted by molar-refractivity contribution is 6.38. The molecule has 0 aliphatic heterocycles. The Bertz CT molecular complexity index is 1100. The van der Waals surface area contributed by atoms with Crippen molar-refractivity contribution in [3.05, 3.63) is 62.4 Å². The van der Waals surface area contributed by atoms with Crippen LogP contribution in [0.25, 0.3) is 11.3 Å². The zero-order valence-corrected chi connectivity index (χ0v) is 15.9. The van der Waals surface area contributed by atoms with Crippen LogP contribution in [-0.2, 0) is 0 Å². The second-order valence-electron chi connectivity index (χ2n) is 5.54. The van der Waals surface area contributed by atoms with Gasteiger partial charge >= 0.3 is 0 Å². The molecule has 1 aromatic heterocycles. The van der Waals surface area contributed by atoms with E-state index in [-0.39, 0.29) is 32.9 Å². The summed E-state index contributed by atoms with van der Waals surface area (Å²) in [6.07, 6.45) is 1.21. The standard InChI is InChI=1S/C18H14Cl2N4O4/c1-28-11-4-2-9(3-5-11)13-7-14(25)23-18(22-13)24-21-8-10-6-12(19)17(27)15(20)16(10)26/h2-8,26-27H,1H3,(H2,22,23,24,25)/b21-8-. The Labute approximate surface area is 169 Å². The van der Waals surface area contributed by atoms with Gasteiger partial charge in [0.05, 0.1) is 24.0 Å². The van der Waals surface area contributed by atoms with Crippen LogP contribution in [0.2, 0.25) is 10.0 Å². The number of aromatic amines is 1. The maximum atomic E-state index is 11.9. The molecule has 0 unspecified atom stereocenters. The van der Waals surface area contributed by atoms with Crippen LogP contribution in [0.5, 0.6) is 17.2 Å². The van der Waals surface area contributed by atoms with E-state index in [1.165, 1.54) is 18.3 Å². The van der Waals surface area contributed by atoms with Gasteiger partial charge in [0, 0.05) is 17.2 Å². The van der Waals surface area contributed by atoms with Crippen molar-refractivity contribution >= 4 is 35.4 Å². The van der Waals surface area contributed by atoms with Gasteiger partial charge in [0.25, 0.3) is 5.56 Å². The SMILES string of the molecule is COc1ccc(-c2cc(=O)[nH]c(N/N=C\c3cc(Cl)c(O)c(Cl)c3O)n2)cc1. The van der Waals surface area contributed by atoms with Crippen LogP contribution in [0.1, 0.15) is 5.56 Å². The third-order valence-electron chi connectivity index (χ3n) is 3.70. The molecule has 0 saturated heterocycles. The summed E-state index contributed by atoms with van der Waals surface area (Å²) >= 11 is 11.6. The lowest BCUT2D eigenvalue weighted by molar-refractivity contribution is 0.415. The number of hydrogen-bond donors (Lipinski definition) is 4. The summed E-state index contributed by atoms with van der Waals surface area (Å²) in [6.45, 7) is 0. The number of anilines is 1. The van der Waals surface area contributed by atoms with E-state index in [0.717, 1.165) is 0 Å². The molecule has 1 heterocycles. The number of H-pyrrole nitrogens is 1. The van der Waals surface area contributed by atoms with Crippen molar-refractivity contribution in [1.29, 1.82) is 0 Å². The fourth-order valence-electron chi connectivity index (χ4n) is 2.30. The molecule has 144 valence electrons. The fraction of sp³-hybridized carbons (Fsp3) is 0.0556. The second kappa shape index (κ2) is 8.20. The average molecular weight is 421 g/mol. The number of ether oxygens (including phenoxy) is 1. The lowest BCUT2D eigenvalue weighted by Crippen LogP contribution is -2.10. The van der Waals surface area contributed by atoms with Gasteiger partial charge in [-0.05, 0) is 30.3 Å². The highest BCUT2D eigenvalue weighted by Gasteiger charge is 2.13. The number of hydrogen-bond acceptors (Lipinski definition) is 7. The molecule has 0 radical (unpaired) electrons. The first-order valence-corrected chi connectivity index (χ1v) is 8.59. The van der Waals surface area contributed by atoms with E-state index in [1.807, 2.05) is 0 Å². The van der Waals surface area contributed by atoms with E-state index in [4.69, 9.17) is 27.9 Å². The van der Waals surface area contributed by atoms with E-state index in [1.54, 1.807) is 31.4 Å². The molecule has 0 atom stereocenters. The molecule has 28 heavy (non-hydrogen) atoms. The van der Waals surface area contributed by atoms with Gasteiger partial charge in [-0.2, -0.15) is 5.10 Å². The zero-order chi connectivity index (χ0) is 20.3. The van der Waals surface area contributed by atoms with E-state index < -0.39 is 5.75 Å². The number of halogens is 2. The minimum absolute atomic E-state index is 0.0442. The predicted octanol–water partition coefficient (Wildman–Crippen LogP) is 3.61. The smallest absolute Gasteiger partial charge is 0.252 e. The summed E-state index contributed by atoms with van der Waals surface area (Å²) in [5, 5.41) is 23.1. The number of phenolic OH excluding ortho intramolecular Hbond substituents is 2. The van der Waals surface area contributed by atoms with Crippen molar-refractivity contribution in [2.45, 2.75) is 0 Å². The number of nitrogens with zero attached hydrogens (tertiary/aromatic N) is 2. The zero-order valence-electron chi connectivity index (χ0n) is 14.4. The van der Waals surface area contributed by atoms with Crippen molar-refractivity contribution in [2.75, 3.05) is 12.5 Å². The molecule has 4 N–H and O–H groups in total. The third-order valence-corrected chi connectivity index (χ3v) is 4.35. The van der Waals surface area contributed by atoms with Crippen LogP contribution in [-0.4, -0.2) is 33.5 Å². The molecular formula is C18H14Cl2N4O4. The van der Waals surface area contributed by atoms with Gasteiger partial charge in [-0.1, -0.05) is 23.2 Å². The molecule has 3 aromatic rings. The molecule has 0 spiro atoms. The van der Waals surface area contributed by atoms with Crippen molar-refractivity contribution in [3.63, 3.8) is 0 Å². The van der Waals surface area contributed by atoms with Gasteiger partial charge in [-0.15, -0.1) is 0 Å². The maximum absolute atomic E-state index is 11.9. The molecule has 2 aromatic carbocycles. The van der Waals surface area contributed by atoms with Gasteiger partial charge in [0.15, 0.2) is 5.75 Å². The van der Waals surface area contributed by atoms with Crippen LogP contribution in [0.3, 0.4) is 0 Å². The minimum Gasteiger partial charge on any atom is -0.506 e. The van der Waals surface area contributed by atoms with Crippen LogP contribution in [0.15, 0.2) is 46.3 Å². The predicted molar refractivity (Wildman–Crippen MR) is 108 cm³/mol. The number of aromatic nitrogens is 2. The van der Waals surface area contributed by atoms with Crippen molar-refractivity contribution < 1.29 is 14.9 Å². The average Bonchev–Trinajstić information content (AvgIpc) is 2.70. The van der Waals surface area contributed by atoms with Crippen LogP contribution in [0, 0.1) is 0 Å². The normalized spacial score (nSPS) is 11.0. The lowest BCUT2D eigenvalue weighted by Gasteiger charge is -2.06. The summed E-state index contributed by atoms with van der Waals surface area (Å²) < 4.78 is 5.11. The maximum Gasteiger partial charge on any atom is 0.252 e. The van der Waals surface area contributed by atoms with Gasteiger partial charge in [-0.3, -0.25) is 9.78 Å². The van der Waals surface area contributed by atoms with Crippen LogP contribution >= 0.6 is 23.2 Å². The van der Waals surface area contributed by atoms with E-state index >= 15 is 0 Å². The molecule has 8 nitrogen and oxygen atoms in total. The molecule has 10 heteroatoms. The summed E-state index contributed by atoms with van der Waals surface area (Å²) in [7, 11) is 1.56. The van der Waals surface area contributed by atoms with Gasteiger partial charge < -0.3 is 14.9 Å². The number of hydrazone groups is 1. The lowest BCUT2D eigenvalue weighted by atomic mass is 10.1. The molecular weight excluding hydrogens is 407 g/mol. The Morgan fingerprint density at radius 2 is 1.89 bits per heavy atom. The first-order valence-electron chi connectivity index (χ1n) is 7.84. The minimum atomic E-state index is -0.427. The van der Waals surface area contributed by atoms with E-state index in [9.17, 15) is 15.0 Å². The second-order valence-corrected chi connectivity index (χ2v) is 6.32. The molecule has 3 rings (SSSR count). The van der Waals surface area contributed by atoms with Crippen molar-refractivity contribution in [2.24, 2.45) is 5.10 Å². The van der Waals surface area contributed by atoms with Gasteiger partial charge in [0.2, 0.25) is 5.95 Å². The quantitative estimate of drug-likeness (QED) is 0.369.